The number of hydrogen-bond acceptors (Lipinski definition) is 5. The van der Waals surface area contributed by atoms with Gasteiger partial charge in [0.05, 0.1) is 18.8 Å². The molecule has 150 valence electrons. The molecule has 8 heteroatoms. The summed E-state index contributed by atoms with van der Waals surface area (Å²) in [6.45, 7) is 1.60. The number of aromatic nitrogens is 1. The first-order valence-corrected chi connectivity index (χ1v) is 9.26. The highest BCUT2D eigenvalue weighted by Crippen LogP contribution is 2.27. The first-order chi connectivity index (χ1) is 14.1. The van der Waals surface area contributed by atoms with Crippen LogP contribution in [-0.4, -0.2) is 40.7 Å². The van der Waals surface area contributed by atoms with Crippen LogP contribution in [0, 0.1) is 5.82 Å². The van der Waals surface area contributed by atoms with Crippen LogP contribution in [0.2, 0.25) is 0 Å². The molecule has 2 aromatic carbocycles. The van der Waals surface area contributed by atoms with Crippen molar-refractivity contribution in [1.82, 2.24) is 15.2 Å². The molecule has 1 aliphatic heterocycles. The molecular weight excluding hydrogens is 377 g/mol. The van der Waals surface area contributed by atoms with Gasteiger partial charge in [0.2, 0.25) is 5.89 Å². The summed E-state index contributed by atoms with van der Waals surface area (Å²) < 4.78 is 24.1. The van der Waals surface area contributed by atoms with Gasteiger partial charge in [-0.1, -0.05) is 0 Å². The zero-order valence-corrected chi connectivity index (χ0v) is 15.6. The Morgan fingerprint density at radius 3 is 2.90 bits per heavy atom. The molecular formula is C21H20FN3O4. The van der Waals surface area contributed by atoms with E-state index in [0.717, 1.165) is 5.56 Å². The van der Waals surface area contributed by atoms with Crippen molar-refractivity contribution in [2.24, 2.45) is 0 Å². The molecule has 0 fully saturated rings. The zero-order chi connectivity index (χ0) is 20.2. The van der Waals surface area contributed by atoms with E-state index in [2.05, 4.69) is 10.3 Å². The number of benzene rings is 2. The standard InChI is InChI=1S/C21H20FN3O4/c22-16-4-1-14(2-5-16)20-24-17(13-29-20)7-8-23-21(27)25-9-10-28-19-11-18(26)6-3-15(19)12-25/h1-6,11,13,26H,7-10,12H2,(H,23,27). The Balaban J connectivity index is 1.31. The van der Waals surface area contributed by atoms with Crippen LogP contribution in [0.5, 0.6) is 11.5 Å². The maximum atomic E-state index is 13.0. The number of ether oxygens (including phenoxy) is 1. The summed E-state index contributed by atoms with van der Waals surface area (Å²) >= 11 is 0. The lowest BCUT2D eigenvalue weighted by molar-refractivity contribution is 0.188. The Kier molecular flexibility index (Phi) is 5.33. The summed E-state index contributed by atoms with van der Waals surface area (Å²) in [5.41, 5.74) is 2.23. The molecule has 0 bridgehead atoms. The van der Waals surface area contributed by atoms with Crippen LogP contribution >= 0.6 is 0 Å². The molecule has 0 spiro atoms. The second kappa shape index (κ2) is 8.22. The highest BCUT2D eigenvalue weighted by Gasteiger charge is 2.20. The number of carbonyl (C=O) groups is 1. The van der Waals surface area contributed by atoms with E-state index in [1.54, 1.807) is 35.2 Å². The SMILES string of the molecule is O=C(NCCc1coc(-c2ccc(F)cc2)n1)N1CCOc2cc(O)ccc2C1. The van der Waals surface area contributed by atoms with Gasteiger partial charge >= 0.3 is 6.03 Å². The molecule has 7 nitrogen and oxygen atoms in total. The van der Waals surface area contributed by atoms with Gasteiger partial charge in [-0.2, -0.15) is 0 Å². The van der Waals surface area contributed by atoms with E-state index in [4.69, 9.17) is 9.15 Å². The van der Waals surface area contributed by atoms with E-state index in [-0.39, 0.29) is 17.6 Å². The van der Waals surface area contributed by atoms with Crippen molar-refractivity contribution in [3.8, 4) is 23.0 Å². The van der Waals surface area contributed by atoms with Crippen molar-refractivity contribution in [2.75, 3.05) is 19.7 Å². The van der Waals surface area contributed by atoms with Crippen molar-refractivity contribution in [1.29, 1.82) is 0 Å². The lowest BCUT2D eigenvalue weighted by Gasteiger charge is -2.20. The topological polar surface area (TPSA) is 87.8 Å². The maximum Gasteiger partial charge on any atom is 0.317 e. The molecule has 2 amide bonds. The van der Waals surface area contributed by atoms with Crippen molar-refractivity contribution in [3.63, 3.8) is 0 Å². The van der Waals surface area contributed by atoms with Crippen LogP contribution in [0.3, 0.4) is 0 Å². The fraction of sp³-hybridized carbons (Fsp3) is 0.238. The van der Waals surface area contributed by atoms with Crippen LogP contribution in [0.15, 0.2) is 53.1 Å². The molecule has 0 atom stereocenters. The number of carbonyl (C=O) groups excluding carboxylic acids is 1. The van der Waals surface area contributed by atoms with Crippen molar-refractivity contribution in [3.05, 3.63) is 65.8 Å². The Morgan fingerprint density at radius 1 is 1.24 bits per heavy atom. The monoisotopic (exact) mass is 397 g/mol. The third kappa shape index (κ3) is 4.48. The van der Waals surface area contributed by atoms with Gasteiger partial charge in [0.15, 0.2) is 0 Å². The molecule has 2 heterocycles. The van der Waals surface area contributed by atoms with Gasteiger partial charge in [-0.3, -0.25) is 0 Å². The largest absolute Gasteiger partial charge is 0.508 e. The average molecular weight is 397 g/mol. The second-order valence-corrected chi connectivity index (χ2v) is 6.69. The second-order valence-electron chi connectivity index (χ2n) is 6.69. The minimum absolute atomic E-state index is 0.134. The number of phenolic OH excluding ortho intramolecular Hbond substituents is 1. The number of phenols is 1. The average Bonchev–Trinajstić information content (AvgIpc) is 3.07. The van der Waals surface area contributed by atoms with Gasteiger partial charge in [0.1, 0.15) is 30.2 Å². The number of aromatic hydroxyl groups is 1. The van der Waals surface area contributed by atoms with Gasteiger partial charge < -0.3 is 24.5 Å². The predicted octanol–water partition coefficient (Wildman–Crippen LogP) is 3.33. The Morgan fingerprint density at radius 2 is 2.07 bits per heavy atom. The van der Waals surface area contributed by atoms with E-state index >= 15 is 0 Å². The maximum absolute atomic E-state index is 13.0. The minimum atomic E-state index is -0.318. The summed E-state index contributed by atoms with van der Waals surface area (Å²) in [6.07, 6.45) is 2.04. The molecule has 1 aromatic heterocycles. The Bertz CT molecular complexity index is 1000. The van der Waals surface area contributed by atoms with Crippen LogP contribution < -0.4 is 10.1 Å². The first-order valence-electron chi connectivity index (χ1n) is 9.26. The lowest BCUT2D eigenvalue weighted by atomic mass is 10.2. The number of rotatable bonds is 4. The van der Waals surface area contributed by atoms with E-state index < -0.39 is 0 Å². The molecule has 0 unspecified atom stereocenters. The zero-order valence-electron chi connectivity index (χ0n) is 15.6. The number of hydrogen-bond donors (Lipinski definition) is 2. The summed E-state index contributed by atoms with van der Waals surface area (Å²) in [7, 11) is 0. The van der Waals surface area contributed by atoms with E-state index in [1.165, 1.54) is 18.4 Å². The number of amides is 2. The van der Waals surface area contributed by atoms with Crippen LogP contribution in [-0.2, 0) is 13.0 Å². The van der Waals surface area contributed by atoms with E-state index in [9.17, 15) is 14.3 Å². The van der Waals surface area contributed by atoms with Crippen molar-refractivity contribution < 1.29 is 23.4 Å². The highest BCUT2D eigenvalue weighted by atomic mass is 19.1. The summed E-state index contributed by atoms with van der Waals surface area (Å²) in [5, 5.41) is 12.4. The molecule has 29 heavy (non-hydrogen) atoms. The van der Waals surface area contributed by atoms with Gasteiger partial charge in [-0.15, -0.1) is 0 Å². The molecule has 2 N–H and O–H groups in total. The molecule has 0 saturated heterocycles. The number of oxazole rings is 1. The Labute approximate surface area is 166 Å². The number of urea groups is 1. The van der Waals surface area contributed by atoms with Crippen molar-refractivity contribution in [2.45, 2.75) is 13.0 Å². The molecule has 0 saturated carbocycles. The fourth-order valence-corrected chi connectivity index (χ4v) is 3.09. The highest BCUT2D eigenvalue weighted by molar-refractivity contribution is 5.74. The number of fused-ring (bicyclic) bond motifs is 1. The molecule has 3 aromatic rings. The molecule has 1 aliphatic rings. The van der Waals surface area contributed by atoms with Gasteiger partial charge in [-0.05, 0) is 36.4 Å². The molecule has 4 rings (SSSR count). The minimum Gasteiger partial charge on any atom is -0.508 e. The van der Waals surface area contributed by atoms with Crippen LogP contribution in [0.1, 0.15) is 11.3 Å². The molecule has 0 aliphatic carbocycles. The summed E-state index contributed by atoms with van der Waals surface area (Å²) in [4.78, 5) is 18.5. The first kappa shape index (κ1) is 18.8. The van der Waals surface area contributed by atoms with E-state index in [1.807, 2.05) is 0 Å². The number of nitrogens with zero attached hydrogens (tertiary/aromatic N) is 2. The number of nitrogens with one attached hydrogen (secondary N) is 1. The normalized spacial score (nSPS) is 13.3. The fourth-order valence-electron chi connectivity index (χ4n) is 3.09. The quantitative estimate of drug-likeness (QED) is 0.705. The summed E-state index contributed by atoms with van der Waals surface area (Å²) in [6, 6.07) is 10.6. The molecule has 0 radical (unpaired) electrons. The van der Waals surface area contributed by atoms with Crippen molar-refractivity contribution >= 4 is 6.03 Å². The lowest BCUT2D eigenvalue weighted by Crippen LogP contribution is -2.41. The van der Waals surface area contributed by atoms with Crippen LogP contribution in [0.25, 0.3) is 11.5 Å². The van der Waals surface area contributed by atoms with Gasteiger partial charge in [0.25, 0.3) is 0 Å². The van der Waals surface area contributed by atoms with E-state index in [0.29, 0.717) is 55.6 Å². The van der Waals surface area contributed by atoms with Gasteiger partial charge in [0, 0.05) is 30.2 Å². The van der Waals surface area contributed by atoms with Crippen LogP contribution in [0.4, 0.5) is 9.18 Å². The Hall–Kier alpha value is -3.55. The summed E-state index contributed by atoms with van der Waals surface area (Å²) in [5.74, 6) is 0.822. The third-order valence-electron chi connectivity index (χ3n) is 4.62. The number of halogens is 1. The predicted molar refractivity (Wildman–Crippen MR) is 103 cm³/mol. The smallest absolute Gasteiger partial charge is 0.317 e. The van der Waals surface area contributed by atoms with Gasteiger partial charge in [-0.25, -0.2) is 14.2 Å². The third-order valence-corrected chi connectivity index (χ3v) is 4.62.